The fourth-order valence-corrected chi connectivity index (χ4v) is 2.07. The van der Waals surface area contributed by atoms with Gasteiger partial charge in [0.15, 0.2) is 0 Å². The Morgan fingerprint density at radius 1 is 0.875 bits per heavy atom. The van der Waals surface area contributed by atoms with E-state index < -0.39 is 0 Å². The fraction of sp³-hybridized carbons (Fsp3) is 0.0769. The Hall–Kier alpha value is -0.690. The molecule has 82 valence electrons. The first-order chi connectivity index (χ1) is 7.59. The van der Waals surface area contributed by atoms with Crippen LogP contribution in [0, 0.1) is 6.92 Å². The quantitative estimate of drug-likeness (QED) is 0.631. The molecule has 2 aromatic carbocycles. The van der Waals surface area contributed by atoms with E-state index in [1.807, 2.05) is 37.3 Å². The van der Waals surface area contributed by atoms with Crippen LogP contribution < -0.4 is 0 Å². The van der Waals surface area contributed by atoms with Gasteiger partial charge in [0.2, 0.25) is 0 Å². The molecule has 0 aromatic heterocycles. The van der Waals surface area contributed by atoms with Crippen LogP contribution >= 0.6 is 34.8 Å². The molecule has 0 aliphatic heterocycles. The number of halogens is 3. The molecule has 3 heteroatoms. The van der Waals surface area contributed by atoms with Crippen LogP contribution in [0.5, 0.6) is 0 Å². The van der Waals surface area contributed by atoms with Crippen molar-refractivity contribution >= 4 is 34.8 Å². The normalized spacial score (nSPS) is 10.5. The highest BCUT2D eigenvalue weighted by atomic mass is 35.5. The van der Waals surface area contributed by atoms with Gasteiger partial charge in [0, 0.05) is 10.6 Å². The minimum Gasteiger partial charge on any atom is -0.0841 e. The first kappa shape index (κ1) is 11.8. The van der Waals surface area contributed by atoms with Crippen LogP contribution in [0.4, 0.5) is 0 Å². The SMILES string of the molecule is Cc1cc(-c2cccc(Cl)c2Cl)ccc1Cl. The maximum Gasteiger partial charge on any atom is 0.0670 e. The third-order valence-electron chi connectivity index (χ3n) is 2.42. The lowest BCUT2D eigenvalue weighted by Gasteiger charge is -2.07. The van der Waals surface area contributed by atoms with Gasteiger partial charge in [-0.05, 0) is 36.2 Å². The minimum atomic E-state index is 0.562. The summed E-state index contributed by atoms with van der Waals surface area (Å²) in [5.74, 6) is 0. The molecule has 0 atom stereocenters. The average Bonchev–Trinajstić information content (AvgIpc) is 2.26. The topological polar surface area (TPSA) is 0 Å². The first-order valence-corrected chi connectivity index (χ1v) is 5.93. The van der Waals surface area contributed by atoms with E-state index in [0.29, 0.717) is 10.0 Å². The van der Waals surface area contributed by atoms with Gasteiger partial charge in [-0.2, -0.15) is 0 Å². The van der Waals surface area contributed by atoms with Crippen molar-refractivity contribution in [3.8, 4) is 11.1 Å². The van der Waals surface area contributed by atoms with Gasteiger partial charge in [0.25, 0.3) is 0 Å². The molecule has 0 aliphatic carbocycles. The molecule has 0 N–H and O–H groups in total. The third kappa shape index (κ3) is 2.20. The minimum absolute atomic E-state index is 0.562. The van der Waals surface area contributed by atoms with Gasteiger partial charge in [0.05, 0.1) is 10.0 Å². The molecule has 16 heavy (non-hydrogen) atoms. The molecule has 0 fully saturated rings. The maximum absolute atomic E-state index is 6.15. The van der Waals surface area contributed by atoms with Crippen molar-refractivity contribution in [2.24, 2.45) is 0 Å². The van der Waals surface area contributed by atoms with E-state index in [-0.39, 0.29) is 0 Å². The highest BCUT2D eigenvalue weighted by molar-refractivity contribution is 6.43. The highest BCUT2D eigenvalue weighted by Crippen LogP contribution is 2.34. The van der Waals surface area contributed by atoms with Crippen molar-refractivity contribution in [2.75, 3.05) is 0 Å². The standard InChI is InChI=1S/C13H9Cl3/c1-8-7-9(5-6-11(8)14)10-3-2-4-12(15)13(10)16/h2-7H,1H3. The molecule has 0 radical (unpaired) electrons. The smallest absolute Gasteiger partial charge is 0.0670 e. The molecule has 0 amide bonds. The molecule has 0 spiro atoms. The lowest BCUT2D eigenvalue weighted by molar-refractivity contribution is 1.46. The summed E-state index contributed by atoms with van der Waals surface area (Å²) in [6, 6.07) is 11.4. The summed E-state index contributed by atoms with van der Waals surface area (Å²) in [6.07, 6.45) is 0. The molecule has 0 aliphatic rings. The van der Waals surface area contributed by atoms with Gasteiger partial charge in [-0.15, -0.1) is 0 Å². The first-order valence-electron chi connectivity index (χ1n) is 4.80. The van der Waals surface area contributed by atoms with Crippen LogP contribution in [0.2, 0.25) is 15.1 Å². The van der Waals surface area contributed by atoms with Crippen molar-refractivity contribution in [1.29, 1.82) is 0 Å². The summed E-state index contributed by atoms with van der Waals surface area (Å²) in [5, 5.41) is 1.89. The van der Waals surface area contributed by atoms with Crippen LogP contribution in [0.25, 0.3) is 11.1 Å². The largest absolute Gasteiger partial charge is 0.0841 e. The van der Waals surface area contributed by atoms with Gasteiger partial charge in [-0.25, -0.2) is 0 Å². The number of aryl methyl sites for hydroxylation is 1. The molecule has 0 nitrogen and oxygen atoms in total. The predicted octanol–water partition coefficient (Wildman–Crippen LogP) is 5.62. The Kier molecular flexibility index (Phi) is 3.44. The summed E-state index contributed by atoms with van der Waals surface area (Å²) in [4.78, 5) is 0. The zero-order valence-corrected chi connectivity index (χ0v) is 10.9. The maximum atomic E-state index is 6.15. The molecular weight excluding hydrogens is 263 g/mol. The summed E-state index contributed by atoms with van der Waals surface area (Å²) in [6.45, 7) is 1.96. The molecule has 2 aromatic rings. The summed E-state index contributed by atoms with van der Waals surface area (Å²) < 4.78 is 0. The Morgan fingerprint density at radius 3 is 2.31 bits per heavy atom. The second-order valence-corrected chi connectivity index (χ2v) is 4.76. The van der Waals surface area contributed by atoms with E-state index in [1.54, 1.807) is 6.07 Å². The van der Waals surface area contributed by atoms with Crippen molar-refractivity contribution in [3.05, 3.63) is 57.0 Å². The fourth-order valence-electron chi connectivity index (χ4n) is 1.54. The summed E-state index contributed by atoms with van der Waals surface area (Å²) >= 11 is 18.1. The Balaban J connectivity index is 2.59. The zero-order valence-electron chi connectivity index (χ0n) is 8.60. The molecule has 2 rings (SSSR count). The summed E-state index contributed by atoms with van der Waals surface area (Å²) in [7, 11) is 0. The van der Waals surface area contributed by atoms with Crippen LogP contribution in [0.1, 0.15) is 5.56 Å². The van der Waals surface area contributed by atoms with E-state index in [4.69, 9.17) is 34.8 Å². The molecular formula is C13H9Cl3. The van der Waals surface area contributed by atoms with E-state index in [2.05, 4.69) is 0 Å². The number of hydrogen-bond acceptors (Lipinski definition) is 0. The van der Waals surface area contributed by atoms with Gasteiger partial charge in [-0.3, -0.25) is 0 Å². The molecule has 0 saturated heterocycles. The van der Waals surface area contributed by atoms with E-state index in [9.17, 15) is 0 Å². The Labute approximate surface area is 110 Å². The van der Waals surface area contributed by atoms with Crippen molar-refractivity contribution in [1.82, 2.24) is 0 Å². The van der Waals surface area contributed by atoms with E-state index in [1.165, 1.54) is 0 Å². The lowest BCUT2D eigenvalue weighted by atomic mass is 10.0. The van der Waals surface area contributed by atoms with Crippen molar-refractivity contribution < 1.29 is 0 Å². The number of benzene rings is 2. The van der Waals surface area contributed by atoms with Gasteiger partial charge < -0.3 is 0 Å². The highest BCUT2D eigenvalue weighted by Gasteiger charge is 2.07. The van der Waals surface area contributed by atoms with Gasteiger partial charge >= 0.3 is 0 Å². The van der Waals surface area contributed by atoms with Crippen molar-refractivity contribution in [3.63, 3.8) is 0 Å². The van der Waals surface area contributed by atoms with Crippen LogP contribution in [0.3, 0.4) is 0 Å². The Morgan fingerprint density at radius 2 is 1.62 bits per heavy atom. The van der Waals surface area contributed by atoms with Crippen LogP contribution in [-0.2, 0) is 0 Å². The van der Waals surface area contributed by atoms with Crippen molar-refractivity contribution in [2.45, 2.75) is 6.92 Å². The molecule has 0 bridgehead atoms. The molecule has 0 saturated carbocycles. The van der Waals surface area contributed by atoms with E-state index in [0.717, 1.165) is 21.7 Å². The van der Waals surface area contributed by atoms with Gasteiger partial charge in [-0.1, -0.05) is 53.0 Å². The monoisotopic (exact) mass is 270 g/mol. The summed E-state index contributed by atoms with van der Waals surface area (Å²) in [5.41, 5.74) is 2.97. The van der Waals surface area contributed by atoms with Crippen LogP contribution in [0.15, 0.2) is 36.4 Å². The van der Waals surface area contributed by atoms with E-state index >= 15 is 0 Å². The predicted molar refractivity (Wildman–Crippen MR) is 71.6 cm³/mol. The third-order valence-corrected chi connectivity index (χ3v) is 3.66. The second-order valence-electron chi connectivity index (χ2n) is 3.57. The zero-order chi connectivity index (χ0) is 11.7. The lowest BCUT2D eigenvalue weighted by Crippen LogP contribution is -1.83. The molecule has 0 unspecified atom stereocenters. The second kappa shape index (κ2) is 4.67. The molecule has 0 heterocycles. The van der Waals surface area contributed by atoms with Crippen LogP contribution in [-0.4, -0.2) is 0 Å². The Bertz CT molecular complexity index is 533. The average molecular weight is 272 g/mol. The number of hydrogen-bond donors (Lipinski definition) is 0. The number of rotatable bonds is 1. The van der Waals surface area contributed by atoms with Gasteiger partial charge in [0.1, 0.15) is 0 Å².